The molecule has 0 radical (unpaired) electrons. The molecule has 7 heteroatoms. The maximum absolute atomic E-state index is 12.1. The second-order valence-electron chi connectivity index (χ2n) is 2.28. The van der Waals surface area contributed by atoms with Gasteiger partial charge in [-0.3, -0.25) is 4.98 Å². The Hall–Kier alpha value is -0.850. The zero-order chi connectivity index (χ0) is 10.8. The number of alkyl halides is 4. The molecule has 0 aliphatic heterocycles. The van der Waals surface area contributed by atoms with Crippen LogP contribution in [-0.2, 0) is 6.67 Å². The molecule has 0 saturated carbocycles. The zero-order valence-corrected chi connectivity index (χ0v) is 8.19. The van der Waals surface area contributed by atoms with Crippen molar-refractivity contribution in [2.45, 2.75) is 13.0 Å². The Morgan fingerprint density at radius 1 is 1.43 bits per heavy atom. The molecule has 0 unspecified atom stereocenters. The van der Waals surface area contributed by atoms with Gasteiger partial charge in [-0.05, 0) is 22.0 Å². The minimum absolute atomic E-state index is 0.0273. The van der Waals surface area contributed by atoms with E-state index in [-0.39, 0.29) is 10.2 Å². The predicted molar refractivity (Wildman–Crippen MR) is 43.4 cm³/mol. The van der Waals surface area contributed by atoms with Crippen molar-refractivity contribution in [1.29, 1.82) is 0 Å². The average Bonchev–Trinajstić information content (AvgIpc) is 2.01. The normalized spacial score (nSPS) is 11.5. The number of rotatable bonds is 2. The topological polar surface area (TPSA) is 22.1 Å². The Labute approximate surface area is 85.0 Å². The lowest BCUT2D eigenvalue weighted by Crippen LogP contribution is -2.17. The highest BCUT2D eigenvalue weighted by Crippen LogP contribution is 2.26. The number of pyridine rings is 1. The minimum atomic E-state index is -4.77. The van der Waals surface area contributed by atoms with Gasteiger partial charge < -0.3 is 4.74 Å². The highest BCUT2D eigenvalue weighted by atomic mass is 79.9. The first-order valence-electron chi connectivity index (χ1n) is 3.38. The summed E-state index contributed by atoms with van der Waals surface area (Å²) in [6.07, 6.45) is -3.95. The quantitative estimate of drug-likeness (QED) is 0.772. The largest absolute Gasteiger partial charge is 0.573 e. The third kappa shape index (κ3) is 3.13. The van der Waals surface area contributed by atoms with Crippen LogP contribution in [-0.4, -0.2) is 11.3 Å². The van der Waals surface area contributed by atoms with E-state index < -0.39 is 18.8 Å². The predicted octanol–water partition coefficient (Wildman–Crippen LogP) is 3.21. The summed E-state index contributed by atoms with van der Waals surface area (Å²) in [5.74, 6) is -0.485. The van der Waals surface area contributed by atoms with E-state index >= 15 is 0 Å². The Bertz CT molecular complexity index is 328. The molecule has 1 rings (SSSR count). The van der Waals surface area contributed by atoms with Gasteiger partial charge >= 0.3 is 6.36 Å². The van der Waals surface area contributed by atoms with Gasteiger partial charge in [-0.2, -0.15) is 0 Å². The van der Waals surface area contributed by atoms with Crippen LogP contribution in [0.4, 0.5) is 17.6 Å². The van der Waals surface area contributed by atoms with Crippen molar-refractivity contribution in [3.8, 4) is 5.75 Å². The van der Waals surface area contributed by atoms with Crippen LogP contribution >= 0.6 is 15.9 Å². The summed E-state index contributed by atoms with van der Waals surface area (Å²) in [7, 11) is 0. The maximum Gasteiger partial charge on any atom is 0.573 e. The van der Waals surface area contributed by atoms with Crippen molar-refractivity contribution in [3.05, 3.63) is 22.4 Å². The molecule has 0 aliphatic carbocycles. The summed E-state index contributed by atoms with van der Waals surface area (Å²) in [6.45, 7) is -0.854. The molecule has 0 saturated heterocycles. The maximum atomic E-state index is 12.1. The van der Waals surface area contributed by atoms with Gasteiger partial charge in [0.05, 0.1) is 11.9 Å². The molecule has 1 aromatic heterocycles. The van der Waals surface area contributed by atoms with Crippen LogP contribution in [0, 0.1) is 0 Å². The minimum Gasteiger partial charge on any atom is -0.404 e. The van der Waals surface area contributed by atoms with Crippen LogP contribution in [0.25, 0.3) is 0 Å². The average molecular weight is 274 g/mol. The van der Waals surface area contributed by atoms with Gasteiger partial charge in [0.2, 0.25) is 0 Å². The van der Waals surface area contributed by atoms with Gasteiger partial charge in [0, 0.05) is 4.47 Å². The van der Waals surface area contributed by atoms with Crippen LogP contribution in [0.15, 0.2) is 16.7 Å². The van der Waals surface area contributed by atoms with Crippen molar-refractivity contribution in [1.82, 2.24) is 4.98 Å². The van der Waals surface area contributed by atoms with Crippen LogP contribution in [0.3, 0.4) is 0 Å². The lowest BCUT2D eigenvalue weighted by atomic mass is 10.3. The van der Waals surface area contributed by atoms with Crippen molar-refractivity contribution in [2.24, 2.45) is 0 Å². The molecule has 0 N–H and O–H groups in total. The molecule has 78 valence electrons. The number of nitrogens with zero attached hydrogens (tertiary/aromatic N) is 1. The highest BCUT2D eigenvalue weighted by Gasteiger charge is 2.31. The molecule has 2 nitrogen and oxygen atoms in total. The summed E-state index contributed by atoms with van der Waals surface area (Å²) in [5, 5.41) is 0. The molecule has 0 atom stereocenters. The first kappa shape index (κ1) is 11.2. The Kier molecular flexibility index (Phi) is 3.30. The van der Waals surface area contributed by atoms with Crippen LogP contribution < -0.4 is 4.74 Å². The third-order valence-electron chi connectivity index (χ3n) is 1.25. The molecule has 0 aromatic carbocycles. The summed E-state index contributed by atoms with van der Waals surface area (Å²) in [6, 6.07) is 1.01. The molecule has 0 bridgehead atoms. The van der Waals surface area contributed by atoms with Crippen molar-refractivity contribution >= 4 is 15.9 Å². The Balaban J connectivity index is 2.87. The van der Waals surface area contributed by atoms with Gasteiger partial charge in [-0.1, -0.05) is 0 Å². The fourth-order valence-electron chi connectivity index (χ4n) is 0.736. The fraction of sp³-hybridized carbons (Fsp3) is 0.286. The molecule has 1 aromatic rings. The summed E-state index contributed by atoms with van der Waals surface area (Å²) < 4.78 is 51.0. The lowest BCUT2D eigenvalue weighted by Gasteiger charge is -2.09. The van der Waals surface area contributed by atoms with Crippen molar-refractivity contribution < 1.29 is 22.3 Å². The van der Waals surface area contributed by atoms with Gasteiger partial charge in [0.1, 0.15) is 12.4 Å². The van der Waals surface area contributed by atoms with Gasteiger partial charge in [0.15, 0.2) is 0 Å². The van der Waals surface area contributed by atoms with Gasteiger partial charge in [-0.25, -0.2) is 4.39 Å². The zero-order valence-electron chi connectivity index (χ0n) is 6.61. The molecule has 14 heavy (non-hydrogen) atoms. The number of hydrogen-bond acceptors (Lipinski definition) is 2. The number of aromatic nitrogens is 1. The Morgan fingerprint density at radius 2 is 2.07 bits per heavy atom. The molecule has 0 fully saturated rings. The van der Waals surface area contributed by atoms with Crippen LogP contribution in [0.2, 0.25) is 0 Å². The van der Waals surface area contributed by atoms with E-state index in [1.54, 1.807) is 0 Å². The van der Waals surface area contributed by atoms with E-state index in [0.717, 1.165) is 12.3 Å². The standard InChI is InChI=1S/C7H4BrF4NO/c8-5-1-4(14-7(10,11)12)3-13-6(5)2-9/h1,3H,2H2. The molecular formula is C7H4BrF4NO. The number of hydrogen-bond donors (Lipinski definition) is 0. The third-order valence-corrected chi connectivity index (χ3v) is 1.94. The summed E-state index contributed by atoms with van der Waals surface area (Å²) in [5.41, 5.74) is 0.0273. The highest BCUT2D eigenvalue weighted by molar-refractivity contribution is 9.10. The van der Waals surface area contributed by atoms with Crippen molar-refractivity contribution in [2.75, 3.05) is 0 Å². The SMILES string of the molecule is FCc1ncc(OC(F)(F)F)cc1Br. The van der Waals surface area contributed by atoms with Crippen LogP contribution in [0.1, 0.15) is 5.69 Å². The molecular weight excluding hydrogens is 270 g/mol. The number of ether oxygens (including phenoxy) is 1. The molecule has 0 amide bonds. The van der Waals surface area contributed by atoms with E-state index in [4.69, 9.17) is 0 Å². The van der Waals surface area contributed by atoms with E-state index in [1.807, 2.05) is 0 Å². The van der Waals surface area contributed by atoms with Gasteiger partial charge in [-0.15, -0.1) is 13.2 Å². The molecule has 0 aliphatic rings. The van der Waals surface area contributed by atoms with Crippen LogP contribution in [0.5, 0.6) is 5.75 Å². The second-order valence-corrected chi connectivity index (χ2v) is 3.14. The van der Waals surface area contributed by atoms with Gasteiger partial charge in [0.25, 0.3) is 0 Å². The Morgan fingerprint density at radius 3 is 2.50 bits per heavy atom. The van der Waals surface area contributed by atoms with E-state index in [1.165, 1.54) is 0 Å². The van der Waals surface area contributed by atoms with Crippen molar-refractivity contribution in [3.63, 3.8) is 0 Å². The smallest absolute Gasteiger partial charge is 0.404 e. The number of halogens is 5. The first-order chi connectivity index (χ1) is 6.42. The molecule has 1 heterocycles. The van der Waals surface area contributed by atoms with E-state index in [9.17, 15) is 17.6 Å². The fourth-order valence-corrected chi connectivity index (χ4v) is 1.17. The second kappa shape index (κ2) is 4.12. The van der Waals surface area contributed by atoms with E-state index in [0.29, 0.717) is 0 Å². The molecule has 0 spiro atoms. The van der Waals surface area contributed by atoms with E-state index in [2.05, 4.69) is 25.7 Å². The first-order valence-corrected chi connectivity index (χ1v) is 4.18. The summed E-state index contributed by atoms with van der Waals surface area (Å²) in [4.78, 5) is 3.43. The lowest BCUT2D eigenvalue weighted by molar-refractivity contribution is -0.274. The monoisotopic (exact) mass is 273 g/mol. The summed E-state index contributed by atoms with van der Waals surface area (Å²) >= 11 is 2.86.